The lowest BCUT2D eigenvalue weighted by atomic mass is 10.0. The molecule has 0 spiro atoms. The molecule has 360 valence electrons. The predicted molar refractivity (Wildman–Crippen MR) is 244 cm³/mol. The van der Waals surface area contributed by atoms with Gasteiger partial charge in [-0.1, -0.05) is 139 Å². The molecule has 0 aliphatic rings. The van der Waals surface area contributed by atoms with E-state index < -0.39 is 83.3 Å². The van der Waals surface area contributed by atoms with Crippen molar-refractivity contribution in [1.29, 1.82) is 0 Å². The number of rotatable bonds is 34. The van der Waals surface area contributed by atoms with E-state index >= 15 is 0 Å². The molecule has 2 aromatic carbocycles. The Morgan fingerprint density at radius 1 is 0.569 bits per heavy atom. The van der Waals surface area contributed by atoms with Gasteiger partial charge in [-0.15, -0.1) is 0 Å². The third-order valence-corrected chi connectivity index (χ3v) is 10.8. The van der Waals surface area contributed by atoms with Crippen LogP contribution in [-0.2, 0) is 46.4 Å². The van der Waals surface area contributed by atoms with Gasteiger partial charge in [-0.2, -0.15) is 0 Å². The standard InChI is InChI=1S/C47H71N7O11/c1-32(2)28-37(44(59)50-36(43(48)58)29-34-22-16-14-17-23-34)51-46(61)42(33(3)55)53-41(57)27-21-13-11-9-7-5-4-6-8-10-12-20-26-40(56)49-39(31-54(64)65)45(60)52-38(47(62)63)30-35-24-18-15-19-25-35/h14-19,22-25,32-33,36-39,42,55H,4-13,20-21,26-31H2,1-3H3,(H2,48,58)(H,49,56)(H,50,59)(H,51,61)(H,52,60)(H,53,57)(H,62,63)/t33-,36+,37+,38+,39+,42+/m1/s1. The van der Waals surface area contributed by atoms with E-state index in [0.29, 0.717) is 18.4 Å². The van der Waals surface area contributed by atoms with Crippen LogP contribution in [0.2, 0.25) is 0 Å². The van der Waals surface area contributed by atoms with Crippen LogP contribution in [0.25, 0.3) is 0 Å². The fourth-order valence-electron chi connectivity index (χ4n) is 7.23. The summed E-state index contributed by atoms with van der Waals surface area (Å²) in [4.78, 5) is 99.1. The molecule has 18 heteroatoms. The molecule has 0 fully saturated rings. The van der Waals surface area contributed by atoms with Crippen molar-refractivity contribution in [3.63, 3.8) is 0 Å². The second-order valence-electron chi connectivity index (χ2n) is 17.1. The summed E-state index contributed by atoms with van der Waals surface area (Å²) < 4.78 is 0. The Kier molecular flexibility index (Phi) is 26.4. The second-order valence-corrected chi connectivity index (χ2v) is 17.1. The van der Waals surface area contributed by atoms with E-state index in [1.165, 1.54) is 6.92 Å². The summed E-state index contributed by atoms with van der Waals surface area (Å²) in [7, 11) is 0. The first kappa shape index (κ1) is 55.2. The van der Waals surface area contributed by atoms with Crippen molar-refractivity contribution < 1.29 is 48.7 Å². The minimum atomic E-state index is -1.50. The highest BCUT2D eigenvalue weighted by molar-refractivity contribution is 5.94. The first-order valence-electron chi connectivity index (χ1n) is 22.9. The second kappa shape index (κ2) is 31.0. The summed E-state index contributed by atoms with van der Waals surface area (Å²) >= 11 is 0. The number of primary amides is 1. The number of carboxylic acid groups (broad SMARTS) is 1. The van der Waals surface area contributed by atoms with Gasteiger partial charge in [0.1, 0.15) is 24.2 Å². The van der Waals surface area contributed by atoms with Crippen LogP contribution in [0, 0.1) is 16.0 Å². The van der Waals surface area contributed by atoms with Crippen LogP contribution in [0.4, 0.5) is 0 Å². The normalized spacial score (nSPS) is 13.9. The summed E-state index contributed by atoms with van der Waals surface area (Å²) in [5.74, 6) is -5.16. The van der Waals surface area contributed by atoms with E-state index in [2.05, 4.69) is 26.6 Å². The fraction of sp³-hybridized carbons (Fsp3) is 0.596. The molecule has 0 aliphatic carbocycles. The number of nitrogens with one attached hydrogen (secondary N) is 5. The number of aliphatic hydroxyl groups excluding tert-OH is 1. The molecule has 0 saturated heterocycles. The van der Waals surface area contributed by atoms with E-state index in [1.807, 2.05) is 44.2 Å². The maximum Gasteiger partial charge on any atom is 0.326 e. The lowest BCUT2D eigenvalue weighted by Gasteiger charge is -2.26. The van der Waals surface area contributed by atoms with Crippen LogP contribution >= 0.6 is 0 Å². The van der Waals surface area contributed by atoms with Crippen LogP contribution in [0.15, 0.2) is 60.7 Å². The number of aliphatic carboxylic acids is 1. The molecule has 2 aromatic rings. The summed E-state index contributed by atoms with van der Waals surface area (Å²) in [5.41, 5.74) is 7.04. The average molecular weight is 910 g/mol. The van der Waals surface area contributed by atoms with E-state index in [1.54, 1.807) is 30.3 Å². The Hall–Kier alpha value is -5.91. The number of hydrogen-bond acceptors (Lipinski definition) is 10. The van der Waals surface area contributed by atoms with Gasteiger partial charge in [0.05, 0.1) is 6.10 Å². The molecule has 0 radical (unpaired) electrons. The number of nitrogens with two attached hydrogens (primary N) is 1. The third-order valence-electron chi connectivity index (χ3n) is 10.8. The number of carbonyl (C=O) groups excluding carboxylic acids is 6. The van der Waals surface area contributed by atoms with Gasteiger partial charge in [0, 0.05) is 30.6 Å². The van der Waals surface area contributed by atoms with Crippen molar-refractivity contribution in [2.75, 3.05) is 6.54 Å². The summed E-state index contributed by atoms with van der Waals surface area (Å²) in [6.07, 6.45) is 10.2. The lowest BCUT2D eigenvalue weighted by Crippen LogP contribution is -2.59. The Morgan fingerprint density at radius 2 is 0.969 bits per heavy atom. The minimum absolute atomic E-state index is 0.00863. The van der Waals surface area contributed by atoms with Gasteiger partial charge in [0.15, 0.2) is 6.04 Å². The van der Waals surface area contributed by atoms with Crippen molar-refractivity contribution in [2.24, 2.45) is 11.7 Å². The van der Waals surface area contributed by atoms with Crippen LogP contribution in [0.1, 0.15) is 128 Å². The topological polar surface area (TPSA) is 289 Å². The number of carboxylic acids is 1. The van der Waals surface area contributed by atoms with Crippen LogP contribution in [-0.4, -0.2) is 99.4 Å². The molecule has 9 N–H and O–H groups in total. The molecule has 65 heavy (non-hydrogen) atoms. The molecule has 0 heterocycles. The molecule has 0 aromatic heterocycles. The highest BCUT2D eigenvalue weighted by Crippen LogP contribution is 2.14. The number of nitro groups is 1. The zero-order chi connectivity index (χ0) is 48.1. The minimum Gasteiger partial charge on any atom is -0.480 e. The number of benzene rings is 2. The number of hydrogen-bond donors (Lipinski definition) is 8. The van der Waals surface area contributed by atoms with E-state index in [9.17, 15) is 53.9 Å². The Labute approximate surface area is 382 Å². The van der Waals surface area contributed by atoms with Gasteiger partial charge in [-0.3, -0.25) is 38.9 Å². The van der Waals surface area contributed by atoms with Gasteiger partial charge in [-0.25, -0.2) is 4.79 Å². The smallest absolute Gasteiger partial charge is 0.326 e. The highest BCUT2D eigenvalue weighted by atomic mass is 16.6. The molecule has 0 unspecified atom stereocenters. The van der Waals surface area contributed by atoms with Gasteiger partial charge >= 0.3 is 5.97 Å². The number of amides is 6. The molecule has 0 bridgehead atoms. The monoisotopic (exact) mass is 910 g/mol. The molecule has 0 saturated carbocycles. The van der Waals surface area contributed by atoms with Gasteiger partial charge in [0.2, 0.25) is 42.0 Å². The lowest BCUT2D eigenvalue weighted by molar-refractivity contribution is -0.481. The number of unbranched alkanes of at least 4 members (excludes halogenated alkanes) is 11. The van der Waals surface area contributed by atoms with Crippen LogP contribution in [0.3, 0.4) is 0 Å². The molecule has 0 aliphatic heterocycles. The van der Waals surface area contributed by atoms with Crippen LogP contribution in [0.5, 0.6) is 0 Å². The van der Waals surface area contributed by atoms with Crippen molar-refractivity contribution in [3.8, 4) is 0 Å². The zero-order valence-electron chi connectivity index (χ0n) is 38.1. The molecule has 6 atom stereocenters. The number of carbonyl (C=O) groups is 7. The molecular formula is C47H71N7O11. The first-order valence-corrected chi connectivity index (χ1v) is 22.9. The zero-order valence-corrected chi connectivity index (χ0v) is 38.1. The predicted octanol–water partition coefficient (Wildman–Crippen LogP) is 3.63. The Balaban J connectivity index is 1.62. The van der Waals surface area contributed by atoms with E-state index in [-0.39, 0.29) is 43.9 Å². The molecule has 18 nitrogen and oxygen atoms in total. The van der Waals surface area contributed by atoms with Gasteiger partial charge in [0.25, 0.3) is 0 Å². The maximum absolute atomic E-state index is 13.3. The SMILES string of the molecule is CC(C)C[C@H](NC(=O)[C@@H](NC(=O)CCCCCCCCCCCCCCC(=O)N[C@@H](C[N+](=O)[O-])C(=O)N[C@@H](Cc1ccccc1)C(=O)O)[C@@H](C)O)C(=O)N[C@@H](Cc1ccccc1)C(N)=O. The molecule has 6 amide bonds. The highest BCUT2D eigenvalue weighted by Gasteiger charge is 2.32. The van der Waals surface area contributed by atoms with Crippen molar-refractivity contribution >= 4 is 41.4 Å². The van der Waals surface area contributed by atoms with Crippen molar-refractivity contribution in [2.45, 2.75) is 166 Å². The maximum atomic E-state index is 13.3. The molecule has 2 rings (SSSR count). The summed E-state index contributed by atoms with van der Waals surface area (Å²) in [6, 6.07) is 11.6. The van der Waals surface area contributed by atoms with Crippen molar-refractivity contribution in [1.82, 2.24) is 26.6 Å². The third kappa shape index (κ3) is 24.1. The number of aliphatic hydroxyl groups is 1. The van der Waals surface area contributed by atoms with E-state index in [4.69, 9.17) is 5.73 Å². The van der Waals surface area contributed by atoms with E-state index in [0.717, 1.165) is 69.8 Å². The summed E-state index contributed by atoms with van der Waals surface area (Å²) in [6.45, 7) is 4.26. The number of nitrogens with zero attached hydrogens (tertiary/aromatic N) is 1. The average Bonchev–Trinajstić information content (AvgIpc) is 3.24. The first-order chi connectivity index (χ1) is 31.0. The largest absolute Gasteiger partial charge is 0.480 e. The summed E-state index contributed by atoms with van der Waals surface area (Å²) in [5, 5.41) is 43.8. The van der Waals surface area contributed by atoms with Crippen LogP contribution < -0.4 is 32.3 Å². The fourth-order valence-corrected chi connectivity index (χ4v) is 7.23. The molecular weight excluding hydrogens is 839 g/mol. The quantitative estimate of drug-likeness (QED) is 0.0285. The van der Waals surface area contributed by atoms with Gasteiger partial charge < -0.3 is 42.5 Å². The Bertz CT molecular complexity index is 1800. The van der Waals surface area contributed by atoms with Gasteiger partial charge in [-0.05, 0) is 43.2 Å². The Morgan fingerprint density at radius 3 is 1.38 bits per heavy atom. The van der Waals surface area contributed by atoms with Crippen molar-refractivity contribution in [3.05, 3.63) is 81.9 Å².